The third-order valence-electron chi connectivity index (χ3n) is 3.11. The molecule has 0 aliphatic rings. The molecule has 106 valence electrons. The number of hydrogen-bond donors (Lipinski definition) is 2. The van der Waals surface area contributed by atoms with E-state index in [2.05, 4.69) is 5.32 Å². The summed E-state index contributed by atoms with van der Waals surface area (Å²) in [5.74, 6) is -1.12. The van der Waals surface area contributed by atoms with Crippen LogP contribution in [0.4, 0.5) is 11.4 Å². The van der Waals surface area contributed by atoms with Crippen LogP contribution in [0.5, 0.6) is 0 Å². The highest BCUT2D eigenvalue weighted by molar-refractivity contribution is 5.78. The Kier molecular flexibility index (Phi) is 5.03. The molecule has 0 aliphatic heterocycles. The number of nitriles is 1. The lowest BCUT2D eigenvalue weighted by Gasteiger charge is -2.21. The van der Waals surface area contributed by atoms with Gasteiger partial charge in [0, 0.05) is 11.8 Å². The maximum absolute atomic E-state index is 11.2. The first-order valence-corrected chi connectivity index (χ1v) is 6.08. The summed E-state index contributed by atoms with van der Waals surface area (Å²) in [6.45, 7) is 3.67. The quantitative estimate of drug-likeness (QED) is 0.609. The molecule has 0 saturated heterocycles. The highest BCUT2D eigenvalue weighted by Gasteiger charge is 2.24. The Hall–Kier alpha value is -2.62. The summed E-state index contributed by atoms with van der Waals surface area (Å²) in [7, 11) is 0. The van der Waals surface area contributed by atoms with Gasteiger partial charge < -0.3 is 10.4 Å². The number of anilines is 1. The molecule has 0 radical (unpaired) electrons. The summed E-state index contributed by atoms with van der Waals surface area (Å²) in [5, 5.41) is 31.6. The van der Waals surface area contributed by atoms with Crippen molar-refractivity contribution in [1.82, 2.24) is 0 Å². The Morgan fingerprint density at radius 3 is 2.70 bits per heavy atom. The van der Waals surface area contributed by atoms with Crippen LogP contribution in [0.1, 0.15) is 25.8 Å². The van der Waals surface area contributed by atoms with Gasteiger partial charge in [0.05, 0.1) is 4.92 Å². The fraction of sp³-hybridized carbons (Fsp3) is 0.385. The summed E-state index contributed by atoms with van der Waals surface area (Å²) >= 11 is 0. The van der Waals surface area contributed by atoms with E-state index in [1.807, 2.05) is 6.92 Å². The summed E-state index contributed by atoms with van der Waals surface area (Å²) < 4.78 is 0. The lowest BCUT2D eigenvalue weighted by Crippen LogP contribution is -2.35. The van der Waals surface area contributed by atoms with Gasteiger partial charge in [-0.2, -0.15) is 5.26 Å². The average molecular weight is 277 g/mol. The van der Waals surface area contributed by atoms with Crippen LogP contribution < -0.4 is 5.32 Å². The first-order valence-electron chi connectivity index (χ1n) is 6.08. The summed E-state index contributed by atoms with van der Waals surface area (Å²) in [4.78, 5) is 21.3. The second-order valence-corrected chi connectivity index (χ2v) is 4.45. The van der Waals surface area contributed by atoms with Crippen molar-refractivity contribution < 1.29 is 14.8 Å². The zero-order chi connectivity index (χ0) is 15.3. The fourth-order valence-corrected chi connectivity index (χ4v) is 1.74. The van der Waals surface area contributed by atoms with E-state index in [-0.39, 0.29) is 17.2 Å². The lowest BCUT2D eigenvalue weighted by molar-refractivity contribution is -0.385. The fourth-order valence-electron chi connectivity index (χ4n) is 1.74. The van der Waals surface area contributed by atoms with Crippen LogP contribution in [0.2, 0.25) is 0 Å². The molecule has 1 rings (SSSR count). The van der Waals surface area contributed by atoms with Gasteiger partial charge in [-0.1, -0.05) is 20.3 Å². The number of nitrogens with one attached hydrogen (secondary N) is 1. The van der Waals surface area contributed by atoms with Crippen molar-refractivity contribution in [2.45, 2.75) is 26.3 Å². The largest absolute Gasteiger partial charge is 0.480 e. The van der Waals surface area contributed by atoms with Crippen LogP contribution in [-0.4, -0.2) is 22.0 Å². The summed E-state index contributed by atoms with van der Waals surface area (Å²) in [6, 6.07) is 4.80. The molecule has 0 fully saturated rings. The molecule has 0 amide bonds. The smallest absolute Gasteiger partial charge is 0.326 e. The molecule has 1 aromatic rings. The molecule has 7 nitrogen and oxygen atoms in total. The minimum atomic E-state index is -1.00. The van der Waals surface area contributed by atoms with Crippen molar-refractivity contribution in [2.24, 2.45) is 5.92 Å². The van der Waals surface area contributed by atoms with Gasteiger partial charge in [-0.05, 0) is 18.1 Å². The predicted octanol–water partition coefficient (Wildman–Crippen LogP) is 2.38. The van der Waals surface area contributed by atoms with Gasteiger partial charge in [0.25, 0.3) is 5.69 Å². The summed E-state index contributed by atoms with van der Waals surface area (Å²) in [5.41, 5.74) is -0.0263. The van der Waals surface area contributed by atoms with Gasteiger partial charge in [0.2, 0.25) is 0 Å². The number of benzene rings is 1. The molecule has 0 bridgehead atoms. The molecule has 20 heavy (non-hydrogen) atoms. The van der Waals surface area contributed by atoms with Crippen molar-refractivity contribution in [1.29, 1.82) is 5.26 Å². The van der Waals surface area contributed by atoms with Crippen molar-refractivity contribution in [2.75, 3.05) is 5.32 Å². The van der Waals surface area contributed by atoms with E-state index < -0.39 is 16.9 Å². The predicted molar refractivity (Wildman–Crippen MR) is 72.3 cm³/mol. The molecule has 2 atom stereocenters. The van der Waals surface area contributed by atoms with Crippen LogP contribution in [-0.2, 0) is 4.79 Å². The number of nitrogens with zero attached hydrogens (tertiary/aromatic N) is 2. The summed E-state index contributed by atoms with van der Waals surface area (Å²) in [6.07, 6.45) is 0.669. The van der Waals surface area contributed by atoms with Gasteiger partial charge in [0.1, 0.15) is 17.7 Å². The topological polar surface area (TPSA) is 116 Å². The zero-order valence-corrected chi connectivity index (χ0v) is 11.2. The van der Waals surface area contributed by atoms with Crippen molar-refractivity contribution >= 4 is 17.3 Å². The number of hydrogen-bond acceptors (Lipinski definition) is 5. The number of nitro benzene ring substituents is 1. The number of aliphatic carboxylic acids is 1. The first kappa shape index (κ1) is 15.4. The lowest BCUT2D eigenvalue weighted by atomic mass is 9.99. The molecule has 0 saturated carbocycles. The Morgan fingerprint density at radius 2 is 2.25 bits per heavy atom. The Balaban J connectivity index is 3.06. The van der Waals surface area contributed by atoms with Crippen molar-refractivity contribution in [3.63, 3.8) is 0 Å². The third-order valence-corrected chi connectivity index (χ3v) is 3.11. The van der Waals surface area contributed by atoms with Crippen LogP contribution in [0, 0.1) is 27.4 Å². The zero-order valence-electron chi connectivity index (χ0n) is 11.2. The molecular formula is C13H15N3O4. The van der Waals surface area contributed by atoms with E-state index in [4.69, 9.17) is 10.4 Å². The monoisotopic (exact) mass is 277 g/mol. The Morgan fingerprint density at radius 1 is 1.60 bits per heavy atom. The maximum atomic E-state index is 11.2. The minimum absolute atomic E-state index is 0.103. The Labute approximate surface area is 116 Å². The molecule has 2 N–H and O–H groups in total. The molecule has 0 heterocycles. The second-order valence-electron chi connectivity index (χ2n) is 4.45. The van der Waals surface area contributed by atoms with E-state index in [0.717, 1.165) is 0 Å². The van der Waals surface area contributed by atoms with E-state index in [1.165, 1.54) is 18.2 Å². The molecule has 0 unspecified atom stereocenters. The highest BCUT2D eigenvalue weighted by atomic mass is 16.6. The molecular weight excluding hydrogens is 262 g/mol. The van der Waals surface area contributed by atoms with Gasteiger partial charge in [-0.25, -0.2) is 4.79 Å². The first-order chi connectivity index (χ1) is 9.40. The second kappa shape index (κ2) is 6.52. The molecule has 0 aromatic heterocycles. The van der Waals surface area contributed by atoms with Crippen LogP contribution in [0.3, 0.4) is 0 Å². The standard InChI is InChI=1S/C13H15N3O4/c1-3-8(2)12(13(17)18)15-10-4-5-11(16(19)20)9(6-10)7-14/h4-6,8,12,15H,3H2,1-2H3,(H,17,18)/t8-,12-/m0/s1. The number of carboxylic acids is 1. The normalized spacial score (nSPS) is 13.1. The SMILES string of the molecule is CC[C@H](C)[C@H](Nc1ccc([N+](=O)[O-])c(C#N)c1)C(=O)O. The maximum Gasteiger partial charge on any atom is 0.326 e. The van der Waals surface area contributed by atoms with E-state index in [9.17, 15) is 14.9 Å². The number of rotatable bonds is 6. The van der Waals surface area contributed by atoms with Crippen LogP contribution in [0.15, 0.2) is 18.2 Å². The van der Waals surface area contributed by atoms with Gasteiger partial charge in [0.15, 0.2) is 0 Å². The van der Waals surface area contributed by atoms with Gasteiger partial charge in [-0.3, -0.25) is 10.1 Å². The van der Waals surface area contributed by atoms with Gasteiger partial charge in [-0.15, -0.1) is 0 Å². The average Bonchev–Trinajstić information content (AvgIpc) is 2.42. The number of carboxylic acid groups (broad SMARTS) is 1. The van der Waals surface area contributed by atoms with E-state index >= 15 is 0 Å². The third kappa shape index (κ3) is 3.45. The van der Waals surface area contributed by atoms with Gasteiger partial charge >= 0.3 is 5.97 Å². The number of nitro groups is 1. The Bertz CT molecular complexity index is 565. The minimum Gasteiger partial charge on any atom is -0.480 e. The highest BCUT2D eigenvalue weighted by Crippen LogP contribution is 2.23. The molecule has 0 spiro atoms. The van der Waals surface area contributed by atoms with Crippen molar-refractivity contribution in [3.8, 4) is 6.07 Å². The van der Waals surface area contributed by atoms with Crippen molar-refractivity contribution in [3.05, 3.63) is 33.9 Å². The molecule has 7 heteroatoms. The van der Waals surface area contributed by atoms with E-state index in [0.29, 0.717) is 12.1 Å². The number of carbonyl (C=O) groups is 1. The molecule has 0 aliphatic carbocycles. The van der Waals surface area contributed by atoms with Crippen LogP contribution in [0.25, 0.3) is 0 Å². The van der Waals surface area contributed by atoms with Crippen LogP contribution >= 0.6 is 0 Å². The molecule has 1 aromatic carbocycles. The van der Waals surface area contributed by atoms with E-state index in [1.54, 1.807) is 13.0 Å².